The summed E-state index contributed by atoms with van der Waals surface area (Å²) in [4.78, 5) is 24.5. The molecule has 1 aliphatic rings. The Morgan fingerprint density at radius 3 is 2.07 bits per heavy atom. The van der Waals surface area contributed by atoms with E-state index in [4.69, 9.17) is 0 Å². The minimum absolute atomic E-state index is 0.224. The highest BCUT2D eigenvalue weighted by molar-refractivity contribution is 8.04. The molecule has 0 aromatic heterocycles. The van der Waals surface area contributed by atoms with E-state index in [1.807, 2.05) is 42.5 Å². The number of carbonyl (C=O) groups is 2. The summed E-state index contributed by atoms with van der Waals surface area (Å²) in [5.74, 6) is -0.756. The van der Waals surface area contributed by atoms with Gasteiger partial charge in [-0.15, -0.1) is 0 Å². The van der Waals surface area contributed by atoms with Crippen molar-refractivity contribution in [3.8, 4) is 5.40 Å². The highest BCUT2D eigenvalue weighted by atomic mass is 32.2. The highest BCUT2D eigenvalue weighted by Crippen LogP contribution is 2.44. The number of benzene rings is 3. The van der Waals surface area contributed by atoms with Gasteiger partial charge in [0.05, 0.1) is 11.1 Å². The molecule has 2 amide bonds. The van der Waals surface area contributed by atoms with Gasteiger partial charge < -0.3 is 0 Å². The van der Waals surface area contributed by atoms with E-state index >= 15 is 0 Å². The molecule has 1 unspecified atom stereocenters. The number of amides is 2. The Bertz CT molecular complexity index is 1060. The van der Waals surface area contributed by atoms with Gasteiger partial charge in [0.1, 0.15) is 5.40 Å². The van der Waals surface area contributed by atoms with E-state index in [2.05, 4.69) is 35.0 Å². The molecule has 3 aromatic rings. The minimum atomic E-state index is -0.746. The van der Waals surface area contributed by atoms with Gasteiger partial charge in [0.15, 0.2) is 0 Å². The number of fused-ring (bicyclic) bond motifs is 1. The molecular weight excluding hydrogens is 399 g/mol. The first-order chi connectivity index (χ1) is 14.2. The van der Waals surface area contributed by atoms with Crippen LogP contribution in [-0.4, -0.2) is 18.0 Å². The number of thiocyanates is 1. The number of carbonyl (C=O) groups excluding carboxylic acids is 2. The number of nitrogens with zero attached hydrogens (tertiary/aromatic N) is 1. The molecule has 0 saturated heterocycles. The molecule has 29 heavy (non-hydrogen) atoms. The van der Waals surface area contributed by atoms with Crippen LogP contribution in [-0.2, 0) is 0 Å². The Hall–Kier alpha value is -2.93. The first kappa shape index (κ1) is 19.4. The van der Waals surface area contributed by atoms with E-state index in [-0.39, 0.29) is 17.1 Å². The van der Waals surface area contributed by atoms with Crippen LogP contribution in [0, 0.1) is 10.7 Å². The minimum Gasteiger partial charge on any atom is -0.288 e. The van der Waals surface area contributed by atoms with E-state index in [9.17, 15) is 14.9 Å². The lowest BCUT2D eigenvalue weighted by molar-refractivity contribution is 0.0879. The van der Waals surface area contributed by atoms with Crippen LogP contribution >= 0.6 is 19.7 Å². The van der Waals surface area contributed by atoms with E-state index in [1.54, 1.807) is 12.1 Å². The number of hydrogen-bond acceptors (Lipinski definition) is 4. The zero-order valence-electron chi connectivity index (χ0n) is 15.4. The lowest BCUT2D eigenvalue weighted by Gasteiger charge is -2.24. The molecule has 4 rings (SSSR count). The summed E-state index contributed by atoms with van der Waals surface area (Å²) in [6.07, 6.45) is 0.694. The molecule has 0 saturated carbocycles. The van der Waals surface area contributed by atoms with Crippen LogP contribution in [0.4, 0.5) is 0 Å². The molecule has 1 heterocycles. The Labute approximate surface area is 174 Å². The van der Waals surface area contributed by atoms with Gasteiger partial charge in [-0.2, -0.15) is 5.26 Å². The molecule has 0 fully saturated rings. The second-order valence-electron chi connectivity index (χ2n) is 6.53. The van der Waals surface area contributed by atoms with Crippen molar-refractivity contribution in [3.05, 3.63) is 95.6 Å². The summed E-state index contributed by atoms with van der Waals surface area (Å²) >= 11 is 1.15. The van der Waals surface area contributed by atoms with E-state index < -0.39 is 7.92 Å². The van der Waals surface area contributed by atoms with Crippen molar-refractivity contribution >= 4 is 42.1 Å². The molecule has 1 atom stereocenters. The normalized spacial score (nSPS) is 13.7. The summed E-state index contributed by atoms with van der Waals surface area (Å²) in [5.41, 5.74) is 1.54. The Kier molecular flexibility index (Phi) is 5.76. The highest BCUT2D eigenvalue weighted by Gasteiger charge is 2.33. The number of nitriles is 1. The largest absolute Gasteiger partial charge is 0.288 e. The molecular formula is C23H17N2O2PS. The average molecular weight is 416 g/mol. The lowest BCUT2D eigenvalue weighted by Crippen LogP contribution is -2.21. The predicted octanol–water partition coefficient (Wildman–Crippen LogP) is 3.96. The second kappa shape index (κ2) is 8.61. The molecule has 142 valence electrons. The molecule has 0 spiro atoms. The number of imide groups is 1. The summed E-state index contributed by atoms with van der Waals surface area (Å²) in [7, 11) is -0.746. The van der Waals surface area contributed by atoms with Crippen molar-refractivity contribution in [1.82, 2.24) is 5.32 Å². The number of rotatable bonds is 6. The Balaban J connectivity index is 1.77. The monoisotopic (exact) mass is 416 g/mol. The van der Waals surface area contributed by atoms with Gasteiger partial charge in [-0.3, -0.25) is 14.9 Å². The molecule has 1 aliphatic heterocycles. The van der Waals surface area contributed by atoms with Gasteiger partial charge in [-0.25, -0.2) is 0 Å². The Morgan fingerprint density at radius 1 is 0.862 bits per heavy atom. The number of thioether (sulfide) groups is 1. The zero-order valence-corrected chi connectivity index (χ0v) is 17.1. The fourth-order valence-corrected chi connectivity index (χ4v) is 7.03. The van der Waals surface area contributed by atoms with Crippen LogP contribution in [0.25, 0.3) is 0 Å². The predicted molar refractivity (Wildman–Crippen MR) is 118 cm³/mol. The maximum Gasteiger partial charge on any atom is 0.259 e. The van der Waals surface area contributed by atoms with Crippen LogP contribution in [0.2, 0.25) is 0 Å². The molecule has 3 aromatic carbocycles. The van der Waals surface area contributed by atoms with Crippen LogP contribution in [0.15, 0.2) is 78.9 Å². The molecule has 0 radical (unpaired) electrons. The van der Waals surface area contributed by atoms with Crippen molar-refractivity contribution < 1.29 is 9.59 Å². The van der Waals surface area contributed by atoms with Crippen LogP contribution in [0.1, 0.15) is 31.5 Å². The smallest absolute Gasteiger partial charge is 0.259 e. The van der Waals surface area contributed by atoms with Gasteiger partial charge in [0, 0.05) is 5.25 Å². The van der Waals surface area contributed by atoms with Gasteiger partial charge >= 0.3 is 0 Å². The first-order valence-corrected chi connectivity index (χ1v) is 11.5. The molecule has 6 heteroatoms. The maximum atomic E-state index is 12.4. The van der Waals surface area contributed by atoms with Crippen LogP contribution < -0.4 is 15.9 Å². The number of nitrogens with one attached hydrogen (secondary N) is 1. The van der Waals surface area contributed by atoms with Crippen molar-refractivity contribution in [2.75, 3.05) is 6.16 Å². The van der Waals surface area contributed by atoms with Crippen molar-refractivity contribution in [2.24, 2.45) is 0 Å². The first-order valence-electron chi connectivity index (χ1n) is 9.10. The second-order valence-corrected chi connectivity index (χ2v) is 9.77. The van der Waals surface area contributed by atoms with Gasteiger partial charge in [0.2, 0.25) is 0 Å². The van der Waals surface area contributed by atoms with Crippen molar-refractivity contribution in [1.29, 1.82) is 5.26 Å². The van der Waals surface area contributed by atoms with Gasteiger partial charge in [0.25, 0.3) is 11.8 Å². The van der Waals surface area contributed by atoms with Gasteiger partial charge in [-0.1, -0.05) is 72.8 Å². The fraction of sp³-hybridized carbons (Fsp3) is 0.0870. The fourth-order valence-electron chi connectivity index (χ4n) is 3.52. The third-order valence-corrected chi connectivity index (χ3v) is 8.45. The molecule has 4 nitrogen and oxygen atoms in total. The van der Waals surface area contributed by atoms with Crippen LogP contribution in [0.5, 0.6) is 0 Å². The summed E-state index contributed by atoms with van der Waals surface area (Å²) in [6, 6.07) is 25.8. The van der Waals surface area contributed by atoms with E-state index in [1.165, 1.54) is 10.6 Å². The van der Waals surface area contributed by atoms with Crippen molar-refractivity contribution in [2.45, 2.75) is 5.25 Å². The standard InChI is InChI=1S/C23H17N2O2PS/c24-15-29-20(18-12-7-13-19-21(18)23(27)25-22(19)26)14-28(16-8-3-1-4-9-16)17-10-5-2-6-11-17/h1-13,20H,14H2,(H,25,26,27). The Morgan fingerprint density at radius 2 is 1.48 bits per heavy atom. The van der Waals surface area contributed by atoms with Gasteiger partial charge in [-0.05, 0) is 48.1 Å². The third kappa shape index (κ3) is 3.96. The molecule has 0 aliphatic carbocycles. The maximum absolute atomic E-state index is 12.4. The zero-order chi connectivity index (χ0) is 20.2. The lowest BCUT2D eigenvalue weighted by atomic mass is 10.0. The van der Waals surface area contributed by atoms with E-state index in [0.29, 0.717) is 17.3 Å². The average Bonchev–Trinajstić information content (AvgIpc) is 3.06. The molecule has 0 bridgehead atoms. The van der Waals surface area contributed by atoms with Crippen molar-refractivity contribution in [3.63, 3.8) is 0 Å². The number of hydrogen-bond donors (Lipinski definition) is 1. The quantitative estimate of drug-likeness (QED) is 0.375. The summed E-state index contributed by atoms with van der Waals surface area (Å²) < 4.78 is 0. The summed E-state index contributed by atoms with van der Waals surface area (Å²) in [5, 5.41) is 16.2. The SMILES string of the molecule is N#CSC(CP(c1ccccc1)c1ccccc1)c1cccc2c1C(=O)NC2=O. The third-order valence-electron chi connectivity index (χ3n) is 4.82. The van der Waals surface area contributed by atoms with E-state index in [0.717, 1.165) is 17.3 Å². The van der Waals surface area contributed by atoms with Crippen LogP contribution in [0.3, 0.4) is 0 Å². The summed E-state index contributed by atoms with van der Waals surface area (Å²) in [6.45, 7) is 0. The topological polar surface area (TPSA) is 70.0 Å². The molecule has 1 N–H and O–H groups in total.